The largest absolute Gasteiger partial charge is 0.397 e. The topological polar surface area (TPSA) is 83.6 Å². The quantitative estimate of drug-likeness (QED) is 0.774. The van der Waals surface area contributed by atoms with Crippen LogP contribution >= 0.6 is 11.3 Å². The van der Waals surface area contributed by atoms with E-state index in [0.717, 1.165) is 16.7 Å². The molecule has 114 valence electrons. The minimum absolute atomic E-state index is 0.0894. The Morgan fingerprint density at radius 3 is 2.95 bits per heavy atom. The van der Waals surface area contributed by atoms with Crippen molar-refractivity contribution in [2.24, 2.45) is 0 Å². The number of hydrogen-bond donors (Lipinski definition) is 2. The number of aromatic nitrogens is 4. The molecular formula is C12H8F3N5OS. The molecule has 0 spiro atoms. The van der Waals surface area contributed by atoms with Crippen LogP contribution in [-0.4, -0.2) is 32.0 Å². The van der Waals surface area contributed by atoms with Crippen molar-refractivity contribution >= 4 is 33.4 Å². The summed E-state index contributed by atoms with van der Waals surface area (Å²) in [6.07, 6.45) is -3.04. The lowest BCUT2D eigenvalue weighted by Crippen LogP contribution is -2.21. The molecule has 0 saturated heterocycles. The molecule has 10 heteroatoms. The molecule has 6 nitrogen and oxygen atoms in total. The van der Waals surface area contributed by atoms with Crippen molar-refractivity contribution in [3.05, 3.63) is 24.0 Å². The van der Waals surface area contributed by atoms with Gasteiger partial charge in [-0.25, -0.2) is 15.0 Å². The second kappa shape index (κ2) is 5.37. The van der Waals surface area contributed by atoms with E-state index in [1.54, 1.807) is 17.6 Å². The number of rotatable bonds is 3. The van der Waals surface area contributed by atoms with Gasteiger partial charge >= 0.3 is 6.18 Å². The molecule has 0 atom stereocenters. The van der Waals surface area contributed by atoms with Gasteiger partial charge in [0.25, 0.3) is 0 Å². The Morgan fingerprint density at radius 2 is 2.18 bits per heavy atom. The summed E-state index contributed by atoms with van der Waals surface area (Å²) in [6, 6.07) is 1.77. The number of halogens is 3. The fourth-order valence-electron chi connectivity index (χ4n) is 1.86. The molecule has 0 aliphatic rings. The summed E-state index contributed by atoms with van der Waals surface area (Å²) in [5.74, 6) is -1.15. The number of aromatic amines is 1. The molecule has 0 fully saturated rings. The minimum atomic E-state index is -4.55. The van der Waals surface area contributed by atoms with Gasteiger partial charge in [-0.15, -0.1) is 11.3 Å². The highest BCUT2D eigenvalue weighted by molar-refractivity contribution is 7.14. The lowest BCUT2D eigenvalue weighted by molar-refractivity contribution is -0.150. The Bertz CT molecular complexity index is 825. The molecule has 3 aromatic rings. The highest BCUT2D eigenvalue weighted by Crippen LogP contribution is 2.28. The Hall–Kier alpha value is -2.49. The summed E-state index contributed by atoms with van der Waals surface area (Å²) < 4.78 is 36.4. The number of carbonyl (C=O) groups is 1. The van der Waals surface area contributed by atoms with Crippen LogP contribution in [0.3, 0.4) is 0 Å². The molecule has 1 amide bonds. The molecule has 0 unspecified atom stereocenters. The van der Waals surface area contributed by atoms with E-state index >= 15 is 0 Å². The molecule has 0 radical (unpaired) electrons. The number of hydrogen-bond acceptors (Lipinski definition) is 5. The summed E-state index contributed by atoms with van der Waals surface area (Å²) in [5, 5.41) is 4.56. The molecule has 0 aliphatic heterocycles. The third-order valence-corrected chi connectivity index (χ3v) is 3.47. The first-order valence-electron chi connectivity index (χ1n) is 6.03. The van der Waals surface area contributed by atoms with Crippen LogP contribution in [0.25, 0.3) is 22.4 Å². The molecule has 3 heterocycles. The van der Waals surface area contributed by atoms with Crippen molar-refractivity contribution < 1.29 is 18.0 Å². The first kappa shape index (κ1) is 14.4. The van der Waals surface area contributed by atoms with Crippen LogP contribution in [0.4, 0.5) is 18.3 Å². The number of anilines is 1. The zero-order valence-corrected chi connectivity index (χ0v) is 11.6. The molecule has 0 aliphatic carbocycles. The van der Waals surface area contributed by atoms with Crippen LogP contribution in [-0.2, 0) is 4.79 Å². The number of amides is 1. The number of thiazole rings is 1. The van der Waals surface area contributed by atoms with E-state index in [2.05, 4.69) is 25.3 Å². The molecular weight excluding hydrogens is 319 g/mol. The average Bonchev–Trinajstić information content (AvgIpc) is 3.04. The predicted octanol–water partition coefficient (Wildman–Crippen LogP) is 2.97. The lowest BCUT2D eigenvalue weighted by Gasteiger charge is -2.04. The van der Waals surface area contributed by atoms with E-state index in [1.165, 1.54) is 6.33 Å². The smallest absolute Gasteiger partial charge is 0.346 e. The van der Waals surface area contributed by atoms with Gasteiger partial charge in [0.2, 0.25) is 5.91 Å². The van der Waals surface area contributed by atoms with Crippen molar-refractivity contribution in [1.29, 1.82) is 0 Å². The van der Waals surface area contributed by atoms with Crippen LogP contribution in [0.2, 0.25) is 0 Å². The van der Waals surface area contributed by atoms with E-state index in [0.29, 0.717) is 17.0 Å². The Morgan fingerprint density at radius 1 is 1.36 bits per heavy atom. The van der Waals surface area contributed by atoms with E-state index in [1.807, 2.05) is 0 Å². The Kier molecular flexibility index (Phi) is 3.53. The van der Waals surface area contributed by atoms with Crippen LogP contribution in [0, 0.1) is 0 Å². The third kappa shape index (κ3) is 3.06. The molecule has 0 aromatic carbocycles. The van der Waals surface area contributed by atoms with Gasteiger partial charge in [-0.1, -0.05) is 0 Å². The Labute approximate surface area is 125 Å². The van der Waals surface area contributed by atoms with Crippen LogP contribution < -0.4 is 5.32 Å². The summed E-state index contributed by atoms with van der Waals surface area (Å²) >= 11 is 1.03. The molecule has 3 aromatic heterocycles. The third-order valence-electron chi connectivity index (χ3n) is 2.71. The summed E-state index contributed by atoms with van der Waals surface area (Å²) in [7, 11) is 0. The SMILES string of the molecule is O=C(CC(F)(F)F)Nc1nc(-c2ncnc3[nH]ccc23)cs1. The number of nitrogens with zero attached hydrogens (tertiary/aromatic N) is 3. The number of carbonyl (C=O) groups excluding carboxylic acids is 1. The second-order valence-electron chi connectivity index (χ2n) is 4.34. The van der Waals surface area contributed by atoms with Gasteiger partial charge in [0.15, 0.2) is 5.13 Å². The second-order valence-corrected chi connectivity index (χ2v) is 5.20. The van der Waals surface area contributed by atoms with Gasteiger partial charge in [-0.05, 0) is 6.07 Å². The maximum Gasteiger partial charge on any atom is 0.397 e. The fourth-order valence-corrected chi connectivity index (χ4v) is 2.57. The van der Waals surface area contributed by atoms with Crippen molar-refractivity contribution in [2.45, 2.75) is 12.6 Å². The van der Waals surface area contributed by atoms with Gasteiger partial charge in [0, 0.05) is 17.0 Å². The monoisotopic (exact) mass is 327 g/mol. The molecule has 3 rings (SSSR count). The lowest BCUT2D eigenvalue weighted by atomic mass is 10.2. The van der Waals surface area contributed by atoms with E-state index in [9.17, 15) is 18.0 Å². The van der Waals surface area contributed by atoms with Gasteiger partial charge in [0.1, 0.15) is 29.8 Å². The number of fused-ring (bicyclic) bond motifs is 1. The van der Waals surface area contributed by atoms with E-state index < -0.39 is 18.5 Å². The Balaban J connectivity index is 1.82. The maximum absolute atomic E-state index is 12.1. The van der Waals surface area contributed by atoms with Gasteiger partial charge in [0.05, 0.1) is 0 Å². The molecule has 0 saturated carbocycles. The highest BCUT2D eigenvalue weighted by atomic mass is 32.1. The summed E-state index contributed by atoms with van der Waals surface area (Å²) in [6.45, 7) is 0. The van der Waals surface area contributed by atoms with Crippen LogP contribution in [0.15, 0.2) is 24.0 Å². The van der Waals surface area contributed by atoms with Gasteiger partial charge < -0.3 is 10.3 Å². The molecule has 22 heavy (non-hydrogen) atoms. The first-order valence-corrected chi connectivity index (χ1v) is 6.91. The van der Waals surface area contributed by atoms with E-state index in [4.69, 9.17) is 0 Å². The van der Waals surface area contributed by atoms with E-state index in [-0.39, 0.29) is 5.13 Å². The molecule has 0 bridgehead atoms. The number of nitrogens with one attached hydrogen (secondary N) is 2. The van der Waals surface area contributed by atoms with Crippen molar-refractivity contribution in [1.82, 2.24) is 19.9 Å². The summed E-state index contributed by atoms with van der Waals surface area (Å²) in [5.41, 5.74) is 1.62. The highest BCUT2D eigenvalue weighted by Gasteiger charge is 2.31. The fraction of sp³-hybridized carbons (Fsp3) is 0.167. The zero-order valence-electron chi connectivity index (χ0n) is 10.8. The van der Waals surface area contributed by atoms with Gasteiger partial charge in [-0.2, -0.15) is 13.2 Å². The van der Waals surface area contributed by atoms with Gasteiger partial charge in [-0.3, -0.25) is 4.79 Å². The normalized spacial score (nSPS) is 11.8. The zero-order chi connectivity index (χ0) is 15.7. The number of alkyl halides is 3. The van der Waals surface area contributed by atoms with Crippen LogP contribution in [0.1, 0.15) is 6.42 Å². The minimum Gasteiger partial charge on any atom is -0.346 e. The average molecular weight is 327 g/mol. The van der Waals surface area contributed by atoms with Crippen molar-refractivity contribution in [3.8, 4) is 11.4 Å². The van der Waals surface area contributed by atoms with Crippen LogP contribution in [0.5, 0.6) is 0 Å². The summed E-state index contributed by atoms with van der Waals surface area (Å²) in [4.78, 5) is 26.4. The number of H-pyrrole nitrogens is 1. The molecule has 2 N–H and O–H groups in total. The first-order chi connectivity index (χ1) is 10.4. The van der Waals surface area contributed by atoms with Crippen molar-refractivity contribution in [3.63, 3.8) is 0 Å². The standard InChI is InChI=1S/C12H8F3N5OS/c13-12(14,15)3-8(21)20-11-19-7(4-22-11)9-6-1-2-16-10(6)18-5-17-9/h1-2,4-5H,3H2,(H,16,17,18)(H,19,20,21). The van der Waals surface area contributed by atoms with Crippen molar-refractivity contribution in [2.75, 3.05) is 5.32 Å². The predicted molar refractivity (Wildman–Crippen MR) is 74.3 cm³/mol. The maximum atomic E-state index is 12.1.